The molecule has 0 radical (unpaired) electrons. The maximum atomic E-state index is 11.7. The van der Waals surface area contributed by atoms with Gasteiger partial charge in [0.25, 0.3) is 0 Å². The quantitative estimate of drug-likeness (QED) is 0.0588. The van der Waals surface area contributed by atoms with Gasteiger partial charge in [-0.25, -0.2) is 0 Å². The van der Waals surface area contributed by atoms with Crippen molar-refractivity contribution >= 4 is 17.9 Å². The molecule has 0 saturated carbocycles. The molecule has 0 amide bonds. The van der Waals surface area contributed by atoms with Gasteiger partial charge in [0.2, 0.25) is 0 Å². The molecule has 27 saturated heterocycles. The zero-order chi connectivity index (χ0) is 73.4. The number of rotatable bonds is 10. The molecule has 0 spiro atoms. The van der Waals surface area contributed by atoms with Crippen LogP contribution in [0.25, 0.3) is 0 Å². The fraction of sp³-hybridized carbons (Fsp3) is 0.881. The molecule has 1 aromatic rings. The Bertz CT molecular complexity index is 2650. The van der Waals surface area contributed by atoms with Crippen LogP contribution < -0.4 is 29.6 Å². The van der Waals surface area contributed by atoms with Crippen LogP contribution in [0.2, 0.25) is 0 Å². The Morgan fingerprint density at radius 3 is 0.863 bits per heavy atom. The SMILES string of the molecule is O=C=O.OCC1OC2OC3C(CO)OC(OC4C(CO)OC(OC5C(CO)OC(OC6C(CO)OC(OC7C(CO)OC(OC8C(CO)OC(OC9C(CSc%10[c-]cccc%10)OC(OCCCCC1C(O)C2O)C(O)C9O)C(O)C8O)C(O)C7O)C(O)C6O)C(O)C5O)C(O)C4O)C(O)C3O.[Na+]. The fourth-order valence-corrected chi connectivity index (χ4v) is 14.3. The summed E-state index contributed by atoms with van der Waals surface area (Å²) in [7, 11) is 0. The minimum atomic E-state index is -2.25. The molecule has 27 fully saturated rings. The first kappa shape index (κ1) is 86.0. The van der Waals surface area contributed by atoms with Gasteiger partial charge in [-0.15, -0.1) is 4.90 Å². The topological polar surface area (TPSA) is 647 Å². The van der Waals surface area contributed by atoms with Crippen molar-refractivity contribution < 1.29 is 232 Å². The van der Waals surface area contributed by atoms with Crippen LogP contribution in [-0.2, 0) is 85.4 Å². The molecule has 40 atom stereocenters. The Balaban J connectivity index is 0.00000324. The van der Waals surface area contributed by atoms with E-state index in [1.807, 2.05) is 0 Å². The predicted octanol–water partition coefficient (Wildman–Crippen LogP) is -17.0. The maximum absolute atomic E-state index is 11.7. The van der Waals surface area contributed by atoms with Gasteiger partial charge in [0.05, 0.1) is 64.6 Å². The normalized spacial score (nSPS) is 49.4. The molecule has 0 aliphatic carbocycles. The minimum Gasteiger partial charge on any atom is -0.394 e. The van der Waals surface area contributed by atoms with Crippen molar-refractivity contribution in [2.45, 2.75) is 264 Å². The monoisotopic (exact) mass is 1510 g/mol. The van der Waals surface area contributed by atoms with Crippen LogP contribution in [0.1, 0.15) is 19.3 Å². The molecule has 28 rings (SSSR count). The number of carbonyl (C=O) groups excluding carboxylic acids is 2. The maximum Gasteiger partial charge on any atom is 1.00 e. The standard InChI is InChI=1S/C58H91O39S.CO2.Na/c59-10-20-19-8-4-5-9-82-51-37(75)29(67)50(27(90-51)17-98-18-6-2-1-3-7-18)97-58-43(81)35(73)49(26(16-65)89-58)96-57-42(80)34(72)48(25(15-64)88-57)95-56-41(79)33(71)47(24(14-63)87-56)94-55-40(78)32(70)46(23(13-62)86-55)93-54-39(77)31(69)45(22(12-61)85-54)92-53-38(76)30(68)44(21(11-60)84-53)91-52(83-20)36(74)28(19)66;2-1-3;/h1-3,6,19-81H,4-5,8-17H2;;/q-1;;+1. The van der Waals surface area contributed by atoms with Crippen molar-refractivity contribution in [3.63, 3.8) is 0 Å². The Hall–Kier alpha value is -1.61. The van der Waals surface area contributed by atoms with Gasteiger partial charge < -0.3 is 193 Å². The zero-order valence-corrected chi connectivity index (χ0v) is 57.2. The second-order valence-electron chi connectivity index (χ2n) is 25.3. The van der Waals surface area contributed by atoms with E-state index in [9.17, 15) is 117 Å². The van der Waals surface area contributed by atoms with Crippen LogP contribution in [0.4, 0.5) is 0 Å². The number of ether oxygens (including phenoxy) is 16. The molecule has 23 N–H and O–H groups in total. The van der Waals surface area contributed by atoms with Crippen molar-refractivity contribution in [3.05, 3.63) is 30.3 Å². The van der Waals surface area contributed by atoms with E-state index < -0.39 is 292 Å². The van der Waals surface area contributed by atoms with Gasteiger partial charge in [-0.1, -0.05) is 6.42 Å². The summed E-state index contributed by atoms with van der Waals surface area (Å²) in [5.74, 6) is -1.04. The molecule has 1 aromatic carbocycles. The van der Waals surface area contributed by atoms with Gasteiger partial charge in [0.15, 0.2) is 50.3 Å². The third-order valence-electron chi connectivity index (χ3n) is 18.9. The molecule has 16 bridgehead atoms. The van der Waals surface area contributed by atoms with Crippen molar-refractivity contribution in [2.75, 3.05) is 58.6 Å². The summed E-state index contributed by atoms with van der Waals surface area (Å²) in [6.07, 6.45) is -74.3. The first-order valence-corrected chi connectivity index (χ1v) is 33.5. The average molecular weight is 1510 g/mol. The Morgan fingerprint density at radius 1 is 0.333 bits per heavy atom. The number of aliphatic hydroxyl groups excluding tert-OH is 23. The van der Waals surface area contributed by atoms with E-state index in [0.717, 1.165) is 0 Å². The fourth-order valence-electron chi connectivity index (χ4n) is 13.4. The van der Waals surface area contributed by atoms with Gasteiger partial charge in [-0.2, -0.15) is 51.7 Å². The van der Waals surface area contributed by atoms with Crippen molar-refractivity contribution in [2.24, 2.45) is 5.92 Å². The number of hydrogen-bond acceptors (Lipinski definition) is 42. The summed E-state index contributed by atoms with van der Waals surface area (Å²) < 4.78 is 93.4. The van der Waals surface area contributed by atoms with Crippen molar-refractivity contribution in [1.29, 1.82) is 0 Å². The summed E-state index contributed by atoms with van der Waals surface area (Å²) in [5.41, 5.74) is 0. The van der Waals surface area contributed by atoms with E-state index in [1.54, 1.807) is 24.3 Å². The van der Waals surface area contributed by atoms with Gasteiger partial charge in [0, 0.05) is 18.3 Å². The van der Waals surface area contributed by atoms with Gasteiger partial charge >= 0.3 is 35.7 Å². The molecule has 41 nitrogen and oxygen atoms in total. The smallest absolute Gasteiger partial charge is 0.394 e. The number of benzene rings is 1. The van der Waals surface area contributed by atoms with Crippen LogP contribution in [0, 0.1) is 12.0 Å². The van der Waals surface area contributed by atoms with Crippen LogP contribution in [0.3, 0.4) is 0 Å². The predicted molar refractivity (Wildman–Crippen MR) is 313 cm³/mol. The second-order valence-corrected chi connectivity index (χ2v) is 26.4. The van der Waals surface area contributed by atoms with E-state index in [-0.39, 0.29) is 67.3 Å². The van der Waals surface area contributed by atoms with E-state index >= 15 is 0 Å². The summed E-state index contributed by atoms with van der Waals surface area (Å²) in [4.78, 5) is 16.9. The van der Waals surface area contributed by atoms with Gasteiger partial charge in [-0.3, -0.25) is 0 Å². The van der Waals surface area contributed by atoms with Crippen LogP contribution in [-0.4, -0.2) is 422 Å². The molecule has 43 heteroatoms. The molecule has 27 aliphatic heterocycles. The summed E-state index contributed by atoms with van der Waals surface area (Å²) in [5, 5.41) is 257. The summed E-state index contributed by atoms with van der Waals surface area (Å²) in [6, 6.07) is 9.83. The Labute approximate surface area is 606 Å². The molecule has 580 valence electrons. The summed E-state index contributed by atoms with van der Waals surface area (Å²) >= 11 is 1.18. The Morgan fingerprint density at radius 2 is 0.588 bits per heavy atom. The van der Waals surface area contributed by atoms with E-state index in [2.05, 4.69) is 6.07 Å². The molecular weight excluding hydrogens is 1420 g/mol. The minimum absolute atomic E-state index is 0. The number of thioether (sulfide) groups is 1. The molecule has 27 heterocycles. The average Bonchev–Trinajstić information content (AvgIpc) is 0.520. The second kappa shape index (κ2) is 39.3. The third kappa shape index (κ3) is 19.0. The van der Waals surface area contributed by atoms with Crippen molar-refractivity contribution in [3.8, 4) is 0 Å². The largest absolute Gasteiger partial charge is 1.00 e. The van der Waals surface area contributed by atoms with E-state index in [1.165, 1.54) is 11.8 Å². The van der Waals surface area contributed by atoms with Crippen LogP contribution in [0.15, 0.2) is 29.2 Å². The van der Waals surface area contributed by atoms with E-state index in [4.69, 9.17) is 85.4 Å². The first-order valence-electron chi connectivity index (χ1n) is 32.5. The van der Waals surface area contributed by atoms with Gasteiger partial charge in [-0.05, 0) is 12.8 Å². The van der Waals surface area contributed by atoms with Crippen LogP contribution in [0.5, 0.6) is 0 Å². The van der Waals surface area contributed by atoms with Crippen LogP contribution >= 0.6 is 11.8 Å². The molecule has 0 aromatic heterocycles. The number of aliphatic hydroxyl groups is 23. The molecule has 102 heavy (non-hydrogen) atoms. The molecule has 27 aliphatic rings. The number of hydrogen-bond donors (Lipinski definition) is 23. The van der Waals surface area contributed by atoms with Crippen molar-refractivity contribution in [1.82, 2.24) is 0 Å². The summed E-state index contributed by atoms with van der Waals surface area (Å²) in [6.45, 7) is -7.19. The molecular formula is C59H91NaO41S. The third-order valence-corrected chi connectivity index (χ3v) is 20.0. The first-order chi connectivity index (χ1) is 48.3. The van der Waals surface area contributed by atoms with Gasteiger partial charge in [0.1, 0.15) is 171 Å². The van der Waals surface area contributed by atoms with E-state index in [0.29, 0.717) is 4.90 Å². The zero-order valence-electron chi connectivity index (χ0n) is 54.4. The Kier molecular flexibility index (Phi) is 33.2. The molecule has 40 unspecified atom stereocenters.